The fraction of sp³-hybridized carbons (Fsp3) is 0.632. The number of nitrogens with one attached hydrogen (secondary N) is 2. The van der Waals surface area contributed by atoms with Gasteiger partial charge in [-0.2, -0.15) is 0 Å². The average molecular weight is 353 g/mol. The van der Waals surface area contributed by atoms with Crippen LogP contribution in [0.2, 0.25) is 5.02 Å². The van der Waals surface area contributed by atoms with Gasteiger partial charge in [-0.25, -0.2) is 4.79 Å². The van der Waals surface area contributed by atoms with Crippen molar-refractivity contribution < 1.29 is 9.53 Å². The van der Waals surface area contributed by atoms with Gasteiger partial charge >= 0.3 is 6.09 Å². The van der Waals surface area contributed by atoms with Crippen LogP contribution in [0.5, 0.6) is 0 Å². The van der Waals surface area contributed by atoms with Gasteiger partial charge in [0.15, 0.2) is 0 Å². The van der Waals surface area contributed by atoms with Gasteiger partial charge in [0.1, 0.15) is 5.60 Å². The van der Waals surface area contributed by atoms with Crippen LogP contribution in [0.4, 0.5) is 4.79 Å². The molecule has 2 rings (SSSR count). The third-order valence-corrected chi connectivity index (χ3v) is 4.47. The van der Waals surface area contributed by atoms with E-state index in [1.165, 1.54) is 11.1 Å². The van der Waals surface area contributed by atoms with Crippen LogP contribution in [0.1, 0.15) is 58.7 Å². The lowest BCUT2D eigenvalue weighted by molar-refractivity contribution is 0.0506. The van der Waals surface area contributed by atoms with Crippen LogP contribution in [0.25, 0.3) is 0 Å². The molecule has 134 valence electrons. The molecule has 0 saturated heterocycles. The molecule has 24 heavy (non-hydrogen) atoms. The monoisotopic (exact) mass is 352 g/mol. The number of alkyl carbamates (subject to hydrolysis) is 1. The molecule has 0 aromatic heterocycles. The fourth-order valence-electron chi connectivity index (χ4n) is 3.25. The summed E-state index contributed by atoms with van der Waals surface area (Å²) < 4.78 is 5.30. The first-order chi connectivity index (χ1) is 11.0. The Morgan fingerprint density at radius 1 is 1.42 bits per heavy atom. The van der Waals surface area contributed by atoms with E-state index in [1.807, 2.05) is 33.8 Å². The summed E-state index contributed by atoms with van der Waals surface area (Å²) in [6, 6.07) is 6.30. The highest BCUT2D eigenvalue weighted by atomic mass is 35.5. The maximum absolute atomic E-state index is 11.9. The average Bonchev–Trinajstić information content (AvgIpc) is 2.63. The summed E-state index contributed by atoms with van der Waals surface area (Å²) >= 11 is 6.17. The lowest BCUT2D eigenvalue weighted by atomic mass is 9.85. The van der Waals surface area contributed by atoms with Gasteiger partial charge in [0, 0.05) is 23.7 Å². The second-order valence-corrected chi connectivity index (χ2v) is 8.83. The summed E-state index contributed by atoms with van der Waals surface area (Å²) in [7, 11) is 0. The third kappa shape index (κ3) is 4.87. The van der Waals surface area contributed by atoms with Crippen LogP contribution in [0.15, 0.2) is 18.2 Å². The Morgan fingerprint density at radius 3 is 2.71 bits per heavy atom. The molecule has 0 saturated carbocycles. The zero-order valence-electron chi connectivity index (χ0n) is 15.5. The Hall–Kier alpha value is -1.26. The summed E-state index contributed by atoms with van der Waals surface area (Å²) in [6.45, 7) is 12.7. The quantitative estimate of drug-likeness (QED) is 0.840. The van der Waals surface area contributed by atoms with Crippen LogP contribution in [0, 0.1) is 5.41 Å². The third-order valence-electron chi connectivity index (χ3n) is 4.24. The van der Waals surface area contributed by atoms with Gasteiger partial charge in [-0.1, -0.05) is 31.5 Å². The first kappa shape index (κ1) is 19.1. The Labute approximate surface area is 150 Å². The molecular weight excluding hydrogens is 324 g/mol. The molecule has 2 unspecified atom stereocenters. The van der Waals surface area contributed by atoms with Crippen molar-refractivity contribution in [1.82, 2.24) is 10.6 Å². The van der Waals surface area contributed by atoms with Crippen LogP contribution in [0.3, 0.4) is 0 Å². The molecule has 1 aromatic carbocycles. The Kier molecular flexibility index (Phi) is 5.50. The molecule has 2 N–H and O–H groups in total. The normalized spacial score (nSPS) is 20.4. The number of rotatable bonds is 4. The number of fused-ring (bicyclic) bond motifs is 1. The molecule has 1 amide bonds. The lowest BCUT2D eigenvalue weighted by Gasteiger charge is -2.30. The van der Waals surface area contributed by atoms with Crippen molar-refractivity contribution >= 4 is 17.7 Å². The van der Waals surface area contributed by atoms with Crippen molar-refractivity contribution in [3.05, 3.63) is 34.3 Å². The molecule has 0 spiro atoms. The van der Waals surface area contributed by atoms with Crippen molar-refractivity contribution in [2.24, 2.45) is 5.41 Å². The van der Waals surface area contributed by atoms with Crippen LogP contribution in [-0.2, 0) is 11.2 Å². The van der Waals surface area contributed by atoms with Crippen molar-refractivity contribution in [3.63, 3.8) is 0 Å². The SMILES string of the molecule is CC(CNC1c2cc(Cl)ccc2CC1(C)C)NC(=O)OC(C)(C)C. The van der Waals surface area contributed by atoms with Gasteiger partial charge in [0.2, 0.25) is 0 Å². The number of amides is 1. The highest BCUT2D eigenvalue weighted by Crippen LogP contribution is 2.45. The van der Waals surface area contributed by atoms with Gasteiger partial charge in [0.25, 0.3) is 0 Å². The first-order valence-electron chi connectivity index (χ1n) is 8.49. The lowest BCUT2D eigenvalue weighted by Crippen LogP contribution is -2.44. The summed E-state index contributed by atoms with van der Waals surface area (Å²) in [5.41, 5.74) is 2.23. The van der Waals surface area contributed by atoms with E-state index >= 15 is 0 Å². The topological polar surface area (TPSA) is 50.4 Å². The zero-order valence-corrected chi connectivity index (χ0v) is 16.3. The van der Waals surface area contributed by atoms with E-state index in [1.54, 1.807) is 0 Å². The first-order valence-corrected chi connectivity index (χ1v) is 8.87. The van der Waals surface area contributed by atoms with Crippen LogP contribution < -0.4 is 10.6 Å². The molecule has 1 aliphatic rings. The van der Waals surface area contributed by atoms with E-state index in [0.29, 0.717) is 6.54 Å². The molecule has 1 aliphatic carbocycles. The summed E-state index contributed by atoms with van der Waals surface area (Å²) in [5.74, 6) is 0. The summed E-state index contributed by atoms with van der Waals surface area (Å²) in [6.07, 6.45) is 0.635. The highest BCUT2D eigenvalue weighted by Gasteiger charge is 2.38. The Bertz CT molecular complexity index is 608. The van der Waals surface area contributed by atoms with Crippen molar-refractivity contribution in [2.75, 3.05) is 6.54 Å². The number of carbonyl (C=O) groups excluding carboxylic acids is 1. The minimum Gasteiger partial charge on any atom is -0.444 e. The van der Waals surface area contributed by atoms with Gasteiger partial charge in [-0.3, -0.25) is 0 Å². The number of carbonyl (C=O) groups is 1. The molecule has 4 nitrogen and oxygen atoms in total. The number of hydrogen-bond donors (Lipinski definition) is 2. The molecule has 0 fully saturated rings. The molecule has 1 aromatic rings. The number of hydrogen-bond acceptors (Lipinski definition) is 3. The van der Waals surface area contributed by atoms with E-state index in [2.05, 4.69) is 36.6 Å². The summed E-state index contributed by atoms with van der Waals surface area (Å²) in [4.78, 5) is 11.9. The zero-order chi connectivity index (χ0) is 18.1. The molecule has 5 heteroatoms. The van der Waals surface area contributed by atoms with Crippen molar-refractivity contribution in [3.8, 4) is 0 Å². The standard InChI is InChI=1S/C19H29ClN2O2/c1-12(22-17(23)24-18(2,3)4)11-21-16-15-9-14(20)8-7-13(15)10-19(16,5)6/h7-9,12,16,21H,10-11H2,1-6H3,(H,22,23). The Morgan fingerprint density at radius 2 is 2.08 bits per heavy atom. The van der Waals surface area contributed by atoms with Crippen molar-refractivity contribution in [1.29, 1.82) is 0 Å². The second kappa shape index (κ2) is 6.93. The van der Waals surface area contributed by atoms with E-state index < -0.39 is 5.60 Å². The number of ether oxygens (including phenoxy) is 1. The van der Waals surface area contributed by atoms with E-state index in [0.717, 1.165) is 11.4 Å². The van der Waals surface area contributed by atoms with Crippen LogP contribution in [-0.4, -0.2) is 24.3 Å². The van der Waals surface area contributed by atoms with E-state index in [-0.39, 0.29) is 23.6 Å². The summed E-state index contributed by atoms with van der Waals surface area (Å²) in [5, 5.41) is 7.23. The van der Waals surface area contributed by atoms with Gasteiger partial charge in [-0.15, -0.1) is 0 Å². The van der Waals surface area contributed by atoms with Crippen LogP contribution >= 0.6 is 11.6 Å². The maximum atomic E-state index is 11.9. The molecule has 0 aliphatic heterocycles. The molecular formula is C19H29ClN2O2. The minimum atomic E-state index is -0.486. The minimum absolute atomic E-state index is 0.0288. The Balaban J connectivity index is 1.96. The molecule has 2 atom stereocenters. The van der Waals surface area contributed by atoms with E-state index in [4.69, 9.17) is 16.3 Å². The number of benzene rings is 1. The van der Waals surface area contributed by atoms with Gasteiger partial charge in [0.05, 0.1) is 0 Å². The van der Waals surface area contributed by atoms with Gasteiger partial charge < -0.3 is 15.4 Å². The predicted octanol–water partition coefficient (Wildman–Crippen LogP) is 4.47. The van der Waals surface area contributed by atoms with Crippen molar-refractivity contribution in [2.45, 2.75) is 65.6 Å². The second-order valence-electron chi connectivity index (χ2n) is 8.40. The molecule has 0 bridgehead atoms. The highest BCUT2D eigenvalue weighted by molar-refractivity contribution is 6.30. The largest absolute Gasteiger partial charge is 0.444 e. The predicted molar refractivity (Wildman–Crippen MR) is 98.5 cm³/mol. The van der Waals surface area contributed by atoms with Gasteiger partial charge in [-0.05, 0) is 62.8 Å². The number of halogens is 1. The molecule has 0 radical (unpaired) electrons. The fourth-order valence-corrected chi connectivity index (χ4v) is 3.43. The van der Waals surface area contributed by atoms with E-state index in [9.17, 15) is 4.79 Å². The molecule has 0 heterocycles. The maximum Gasteiger partial charge on any atom is 0.407 e. The smallest absolute Gasteiger partial charge is 0.407 e.